The van der Waals surface area contributed by atoms with Gasteiger partial charge in [0.05, 0.1) is 4.90 Å². The Morgan fingerprint density at radius 3 is 2.63 bits per heavy atom. The van der Waals surface area contributed by atoms with Gasteiger partial charge in [0, 0.05) is 24.2 Å². The summed E-state index contributed by atoms with van der Waals surface area (Å²) in [7, 11) is -3.57. The Labute approximate surface area is 113 Å². The fourth-order valence-electron chi connectivity index (χ4n) is 1.77. The number of hydrogen-bond acceptors (Lipinski definition) is 3. The molecule has 1 aromatic carbocycles. The number of nitrogens with one attached hydrogen (secondary N) is 2. The van der Waals surface area contributed by atoms with Crippen molar-refractivity contribution in [2.45, 2.75) is 50.2 Å². The molecular weight excluding hydrogens is 267 g/mol. The molecule has 0 bridgehead atoms. The van der Waals surface area contributed by atoms with Crippen molar-refractivity contribution >= 4 is 10.0 Å². The van der Waals surface area contributed by atoms with E-state index >= 15 is 0 Å². The van der Waals surface area contributed by atoms with Gasteiger partial charge in [-0.05, 0) is 44.9 Å². The lowest BCUT2D eigenvalue weighted by atomic mass is 10.2. The molecule has 0 spiro atoms. The fourth-order valence-corrected chi connectivity index (χ4v) is 3.08. The minimum Gasteiger partial charge on any atom is -0.310 e. The van der Waals surface area contributed by atoms with Crippen molar-refractivity contribution in [1.82, 2.24) is 10.0 Å². The molecule has 1 fully saturated rings. The van der Waals surface area contributed by atoms with Crippen LogP contribution in [0.5, 0.6) is 0 Å². The van der Waals surface area contributed by atoms with E-state index in [4.69, 9.17) is 0 Å². The maximum Gasteiger partial charge on any atom is 0.240 e. The average molecular weight is 286 g/mol. The fraction of sp³-hybridized carbons (Fsp3) is 0.538. The van der Waals surface area contributed by atoms with E-state index in [0.29, 0.717) is 18.2 Å². The first-order valence-corrected chi connectivity index (χ1v) is 7.91. The van der Waals surface area contributed by atoms with Gasteiger partial charge in [0.2, 0.25) is 10.0 Å². The molecule has 6 heteroatoms. The lowest BCUT2D eigenvalue weighted by Gasteiger charge is -2.11. The first kappa shape index (κ1) is 14.4. The van der Waals surface area contributed by atoms with Crippen molar-refractivity contribution in [3.63, 3.8) is 0 Å². The van der Waals surface area contributed by atoms with E-state index in [1.807, 2.05) is 0 Å². The number of hydrogen-bond donors (Lipinski definition) is 2. The van der Waals surface area contributed by atoms with Gasteiger partial charge in [0.1, 0.15) is 5.82 Å². The monoisotopic (exact) mass is 286 g/mol. The highest BCUT2D eigenvalue weighted by Gasteiger charge is 2.22. The third-order valence-electron chi connectivity index (χ3n) is 2.88. The Morgan fingerprint density at radius 1 is 1.37 bits per heavy atom. The Bertz CT molecular complexity index is 554. The first-order chi connectivity index (χ1) is 8.88. The molecular formula is C13H19FN2O2S. The van der Waals surface area contributed by atoms with Gasteiger partial charge in [-0.15, -0.1) is 0 Å². The van der Waals surface area contributed by atoms with E-state index < -0.39 is 10.0 Å². The Morgan fingerprint density at radius 2 is 2.05 bits per heavy atom. The van der Waals surface area contributed by atoms with Crippen LogP contribution in [0.1, 0.15) is 32.3 Å². The van der Waals surface area contributed by atoms with Crippen LogP contribution in [0.25, 0.3) is 0 Å². The second kappa shape index (κ2) is 5.56. The van der Waals surface area contributed by atoms with Crippen molar-refractivity contribution in [3.05, 3.63) is 29.6 Å². The first-order valence-electron chi connectivity index (χ1n) is 6.42. The Kier molecular flexibility index (Phi) is 4.23. The number of halogens is 1. The van der Waals surface area contributed by atoms with Gasteiger partial charge in [-0.1, -0.05) is 0 Å². The molecule has 0 atom stereocenters. The van der Waals surface area contributed by atoms with Gasteiger partial charge >= 0.3 is 0 Å². The summed E-state index contributed by atoms with van der Waals surface area (Å²) in [6.07, 6.45) is 2.21. The SMILES string of the molecule is CC(C)NS(=O)(=O)c1ccc(F)c(CNC2CC2)c1. The van der Waals surface area contributed by atoms with Crippen LogP contribution in [0, 0.1) is 5.82 Å². The van der Waals surface area contributed by atoms with Crippen LogP contribution in [0.15, 0.2) is 23.1 Å². The summed E-state index contributed by atoms with van der Waals surface area (Å²) in [6, 6.07) is 4.16. The summed E-state index contributed by atoms with van der Waals surface area (Å²) in [5, 5.41) is 3.18. The van der Waals surface area contributed by atoms with Gasteiger partial charge in [-0.25, -0.2) is 17.5 Å². The number of sulfonamides is 1. The summed E-state index contributed by atoms with van der Waals surface area (Å²) < 4.78 is 40.1. The van der Waals surface area contributed by atoms with Crippen LogP contribution in [-0.2, 0) is 16.6 Å². The third-order valence-corrected chi connectivity index (χ3v) is 4.53. The van der Waals surface area contributed by atoms with E-state index in [-0.39, 0.29) is 16.8 Å². The minimum atomic E-state index is -3.57. The minimum absolute atomic E-state index is 0.107. The predicted octanol–water partition coefficient (Wildman–Crippen LogP) is 1.76. The molecule has 1 aromatic rings. The zero-order valence-electron chi connectivity index (χ0n) is 11.1. The van der Waals surface area contributed by atoms with E-state index in [2.05, 4.69) is 10.0 Å². The molecule has 0 amide bonds. The van der Waals surface area contributed by atoms with Crippen molar-refractivity contribution in [1.29, 1.82) is 0 Å². The van der Waals surface area contributed by atoms with E-state index in [9.17, 15) is 12.8 Å². The molecule has 19 heavy (non-hydrogen) atoms. The van der Waals surface area contributed by atoms with Gasteiger partial charge in [0.15, 0.2) is 0 Å². The highest BCUT2D eigenvalue weighted by molar-refractivity contribution is 7.89. The summed E-state index contributed by atoms with van der Waals surface area (Å²) >= 11 is 0. The van der Waals surface area contributed by atoms with E-state index in [1.54, 1.807) is 13.8 Å². The van der Waals surface area contributed by atoms with Gasteiger partial charge in [-0.2, -0.15) is 0 Å². The maximum atomic E-state index is 13.6. The van der Waals surface area contributed by atoms with Gasteiger partial charge in [-0.3, -0.25) is 0 Å². The van der Waals surface area contributed by atoms with Crippen molar-refractivity contribution < 1.29 is 12.8 Å². The van der Waals surface area contributed by atoms with Crippen LogP contribution in [-0.4, -0.2) is 20.5 Å². The lowest BCUT2D eigenvalue weighted by Crippen LogP contribution is -2.30. The quantitative estimate of drug-likeness (QED) is 0.838. The molecule has 0 unspecified atom stereocenters. The molecule has 1 saturated carbocycles. The smallest absolute Gasteiger partial charge is 0.240 e. The van der Waals surface area contributed by atoms with Crippen molar-refractivity contribution in [2.24, 2.45) is 0 Å². The molecule has 106 valence electrons. The number of benzene rings is 1. The van der Waals surface area contributed by atoms with Gasteiger partial charge in [0.25, 0.3) is 0 Å². The van der Waals surface area contributed by atoms with Crippen LogP contribution in [0.3, 0.4) is 0 Å². The molecule has 2 rings (SSSR count). The standard InChI is InChI=1S/C13H19FN2O2S/c1-9(2)16-19(17,18)12-5-6-13(14)10(7-12)8-15-11-3-4-11/h5-7,9,11,15-16H,3-4,8H2,1-2H3. The molecule has 1 aliphatic rings. The zero-order chi connectivity index (χ0) is 14.0. The molecule has 0 heterocycles. The molecule has 0 aliphatic heterocycles. The second-order valence-electron chi connectivity index (χ2n) is 5.18. The van der Waals surface area contributed by atoms with Gasteiger partial charge < -0.3 is 5.32 Å². The van der Waals surface area contributed by atoms with Crippen LogP contribution in [0.2, 0.25) is 0 Å². The molecule has 4 nitrogen and oxygen atoms in total. The molecule has 2 N–H and O–H groups in total. The maximum absolute atomic E-state index is 13.6. The molecule has 1 aliphatic carbocycles. The Balaban J connectivity index is 2.18. The summed E-state index contributed by atoms with van der Waals surface area (Å²) in [4.78, 5) is 0.107. The highest BCUT2D eigenvalue weighted by Crippen LogP contribution is 2.21. The second-order valence-corrected chi connectivity index (χ2v) is 6.90. The molecule has 0 aromatic heterocycles. The van der Waals surface area contributed by atoms with Crippen LogP contribution >= 0.6 is 0 Å². The third kappa shape index (κ3) is 3.99. The van der Waals surface area contributed by atoms with E-state index in [1.165, 1.54) is 18.2 Å². The normalized spacial score (nSPS) is 16.0. The average Bonchev–Trinajstić information content (AvgIpc) is 3.09. The largest absolute Gasteiger partial charge is 0.310 e. The molecule has 0 saturated heterocycles. The predicted molar refractivity (Wildman–Crippen MR) is 71.7 cm³/mol. The zero-order valence-corrected chi connectivity index (χ0v) is 11.9. The lowest BCUT2D eigenvalue weighted by molar-refractivity contribution is 0.566. The number of rotatable bonds is 6. The summed E-state index contributed by atoms with van der Waals surface area (Å²) in [5.41, 5.74) is 0.388. The van der Waals surface area contributed by atoms with Crippen LogP contribution in [0.4, 0.5) is 4.39 Å². The topological polar surface area (TPSA) is 58.2 Å². The highest BCUT2D eigenvalue weighted by atomic mass is 32.2. The Hall–Kier alpha value is -0.980. The van der Waals surface area contributed by atoms with Crippen molar-refractivity contribution in [2.75, 3.05) is 0 Å². The summed E-state index contributed by atoms with van der Waals surface area (Å²) in [6.45, 7) is 3.86. The van der Waals surface area contributed by atoms with Crippen LogP contribution < -0.4 is 10.0 Å². The van der Waals surface area contributed by atoms with Crippen molar-refractivity contribution in [3.8, 4) is 0 Å². The summed E-state index contributed by atoms with van der Waals surface area (Å²) in [5.74, 6) is -0.378. The van der Waals surface area contributed by atoms with E-state index in [0.717, 1.165) is 12.8 Å². The molecule has 0 radical (unpaired) electrons.